The Kier molecular flexibility index (Phi) is 5.41. The van der Waals surface area contributed by atoms with E-state index < -0.39 is 0 Å². The van der Waals surface area contributed by atoms with Crippen LogP contribution in [-0.4, -0.2) is 23.4 Å². The Balaban J connectivity index is 1.62. The molecule has 1 atom stereocenters. The molecule has 3 N–H and O–H groups in total. The van der Waals surface area contributed by atoms with Crippen LogP contribution in [0.3, 0.4) is 0 Å². The van der Waals surface area contributed by atoms with Gasteiger partial charge >= 0.3 is 0 Å². The fourth-order valence-corrected chi connectivity index (χ4v) is 3.87. The highest BCUT2D eigenvalue weighted by atomic mass is 35.5. The van der Waals surface area contributed by atoms with Crippen molar-refractivity contribution in [2.24, 2.45) is 11.7 Å². The third-order valence-electron chi connectivity index (χ3n) is 4.34. The third-order valence-corrected chi connectivity index (χ3v) is 5.52. The lowest BCUT2D eigenvalue weighted by Gasteiger charge is -2.33. The Morgan fingerprint density at radius 1 is 1.48 bits per heavy atom. The predicted molar refractivity (Wildman–Crippen MR) is 99.7 cm³/mol. The van der Waals surface area contributed by atoms with Crippen molar-refractivity contribution in [3.63, 3.8) is 0 Å². The zero-order valence-corrected chi connectivity index (χ0v) is 15.1. The number of hydrogen-bond acceptors (Lipinski definition) is 6. The average molecular weight is 376 g/mol. The van der Waals surface area contributed by atoms with Gasteiger partial charge in [-0.05, 0) is 42.1 Å². The Labute approximate surface area is 155 Å². The van der Waals surface area contributed by atoms with Crippen molar-refractivity contribution < 1.29 is 4.79 Å². The molecule has 0 bridgehead atoms. The summed E-state index contributed by atoms with van der Waals surface area (Å²) in [6, 6.07) is 10.2. The number of primary amides is 1. The SMILES string of the molecule is N#Cc1c(Cl)nsc1NCc1ccc(N2CCC[C@H](C(N)=O)C2)cc1. The second-order valence-electron chi connectivity index (χ2n) is 6.00. The Hall–Kier alpha value is -2.30. The van der Waals surface area contributed by atoms with Gasteiger partial charge in [0.05, 0.1) is 5.92 Å². The molecular weight excluding hydrogens is 358 g/mol. The molecule has 1 aromatic heterocycles. The topological polar surface area (TPSA) is 95.0 Å². The van der Waals surface area contributed by atoms with Crippen LogP contribution in [0.4, 0.5) is 10.7 Å². The Bertz CT molecular complexity index is 798. The molecule has 0 unspecified atom stereocenters. The number of benzene rings is 1. The molecule has 2 aromatic rings. The molecule has 1 aliphatic rings. The van der Waals surface area contributed by atoms with Crippen molar-refractivity contribution in [2.45, 2.75) is 19.4 Å². The maximum atomic E-state index is 11.4. The molecule has 3 rings (SSSR count). The first-order valence-electron chi connectivity index (χ1n) is 8.01. The molecule has 1 saturated heterocycles. The molecule has 1 aromatic carbocycles. The van der Waals surface area contributed by atoms with Gasteiger partial charge in [0, 0.05) is 25.3 Å². The lowest BCUT2D eigenvalue weighted by atomic mass is 9.97. The summed E-state index contributed by atoms with van der Waals surface area (Å²) in [6.07, 6.45) is 1.84. The largest absolute Gasteiger partial charge is 0.371 e. The van der Waals surface area contributed by atoms with Gasteiger partial charge in [-0.1, -0.05) is 23.7 Å². The van der Waals surface area contributed by atoms with Crippen LogP contribution in [-0.2, 0) is 11.3 Å². The maximum Gasteiger partial charge on any atom is 0.222 e. The molecule has 1 aliphatic heterocycles. The predicted octanol–water partition coefficient (Wildman–Crippen LogP) is 2.98. The molecule has 25 heavy (non-hydrogen) atoms. The zero-order chi connectivity index (χ0) is 17.8. The molecule has 1 fully saturated rings. The standard InChI is InChI=1S/C17H18ClN5OS/c18-15-14(8-19)17(25-22-15)21-9-11-3-5-13(6-4-11)23-7-1-2-12(10-23)16(20)24/h3-6,12,21H,1-2,7,9-10H2,(H2,20,24)/t12-/m0/s1. The minimum atomic E-state index is -0.220. The van der Waals surface area contributed by atoms with Crippen molar-refractivity contribution in [1.29, 1.82) is 5.26 Å². The number of anilines is 2. The van der Waals surface area contributed by atoms with Crippen LogP contribution in [0, 0.1) is 17.2 Å². The molecule has 0 radical (unpaired) electrons. The van der Waals surface area contributed by atoms with Crippen molar-refractivity contribution >= 4 is 39.7 Å². The molecule has 130 valence electrons. The monoisotopic (exact) mass is 375 g/mol. The van der Waals surface area contributed by atoms with Gasteiger partial charge in [-0.2, -0.15) is 9.64 Å². The van der Waals surface area contributed by atoms with Crippen LogP contribution in [0.25, 0.3) is 0 Å². The number of rotatable bonds is 5. The maximum absolute atomic E-state index is 11.4. The highest BCUT2D eigenvalue weighted by Crippen LogP contribution is 2.28. The summed E-state index contributed by atoms with van der Waals surface area (Å²) < 4.78 is 3.97. The second kappa shape index (κ2) is 7.72. The first-order valence-corrected chi connectivity index (χ1v) is 9.16. The summed E-state index contributed by atoms with van der Waals surface area (Å²) in [5, 5.41) is 13.2. The van der Waals surface area contributed by atoms with Crippen LogP contribution >= 0.6 is 23.1 Å². The number of aromatic nitrogens is 1. The van der Waals surface area contributed by atoms with Crippen LogP contribution in [0.2, 0.25) is 5.15 Å². The van der Waals surface area contributed by atoms with E-state index in [1.165, 1.54) is 11.5 Å². The minimum Gasteiger partial charge on any atom is -0.371 e. The van der Waals surface area contributed by atoms with Gasteiger partial charge in [0.25, 0.3) is 0 Å². The molecule has 0 spiro atoms. The van der Waals surface area contributed by atoms with Gasteiger partial charge in [-0.3, -0.25) is 4.79 Å². The van der Waals surface area contributed by atoms with E-state index in [2.05, 4.69) is 20.7 Å². The lowest BCUT2D eigenvalue weighted by molar-refractivity contribution is -0.122. The van der Waals surface area contributed by atoms with E-state index in [1.54, 1.807) is 0 Å². The van der Waals surface area contributed by atoms with Crippen molar-refractivity contribution in [3.05, 3.63) is 40.5 Å². The molecule has 1 amide bonds. The van der Waals surface area contributed by atoms with Gasteiger partial charge < -0.3 is 16.0 Å². The first kappa shape index (κ1) is 17.5. The molecule has 0 saturated carbocycles. The molecule has 8 heteroatoms. The summed E-state index contributed by atoms with van der Waals surface area (Å²) in [7, 11) is 0. The van der Waals surface area contributed by atoms with E-state index >= 15 is 0 Å². The number of nitrogens with one attached hydrogen (secondary N) is 1. The van der Waals surface area contributed by atoms with Crippen LogP contribution in [0.1, 0.15) is 24.0 Å². The molecule has 0 aliphatic carbocycles. The summed E-state index contributed by atoms with van der Waals surface area (Å²) in [5.41, 5.74) is 8.00. The number of carbonyl (C=O) groups is 1. The Morgan fingerprint density at radius 3 is 2.92 bits per heavy atom. The number of halogens is 1. The number of amides is 1. The van der Waals surface area contributed by atoms with Gasteiger partial charge in [-0.15, -0.1) is 0 Å². The first-order chi connectivity index (χ1) is 12.1. The summed E-state index contributed by atoms with van der Waals surface area (Å²) >= 11 is 7.05. The van der Waals surface area contributed by atoms with Crippen LogP contribution in [0.5, 0.6) is 0 Å². The summed E-state index contributed by atoms with van der Waals surface area (Å²) in [6.45, 7) is 2.20. The Morgan fingerprint density at radius 2 is 2.24 bits per heavy atom. The minimum absolute atomic E-state index is 0.0735. The van der Waals surface area contributed by atoms with Crippen LogP contribution < -0.4 is 16.0 Å². The van der Waals surface area contributed by atoms with E-state index in [4.69, 9.17) is 22.6 Å². The van der Waals surface area contributed by atoms with E-state index in [-0.39, 0.29) is 17.0 Å². The zero-order valence-electron chi connectivity index (χ0n) is 13.5. The van der Waals surface area contributed by atoms with Crippen molar-refractivity contribution in [1.82, 2.24) is 4.37 Å². The summed E-state index contributed by atoms with van der Waals surface area (Å²) in [5.74, 6) is -0.294. The van der Waals surface area contributed by atoms with E-state index in [9.17, 15) is 4.79 Å². The quantitative estimate of drug-likeness (QED) is 0.837. The second-order valence-corrected chi connectivity index (χ2v) is 7.13. The third kappa shape index (κ3) is 4.03. The van der Waals surface area contributed by atoms with Gasteiger partial charge in [0.15, 0.2) is 5.15 Å². The van der Waals surface area contributed by atoms with Gasteiger partial charge in [0.2, 0.25) is 5.91 Å². The number of nitriles is 1. The summed E-state index contributed by atoms with van der Waals surface area (Å²) in [4.78, 5) is 13.6. The number of carbonyl (C=O) groups excluding carboxylic acids is 1. The highest BCUT2D eigenvalue weighted by molar-refractivity contribution is 7.10. The molecule has 6 nitrogen and oxygen atoms in total. The fraction of sp³-hybridized carbons (Fsp3) is 0.353. The highest BCUT2D eigenvalue weighted by Gasteiger charge is 2.24. The molecular formula is C17H18ClN5OS. The van der Waals surface area contributed by atoms with Crippen molar-refractivity contribution in [3.8, 4) is 6.07 Å². The van der Waals surface area contributed by atoms with E-state index in [1.807, 2.05) is 24.3 Å². The van der Waals surface area contributed by atoms with Crippen molar-refractivity contribution in [2.75, 3.05) is 23.3 Å². The fourth-order valence-electron chi connectivity index (χ4n) is 2.94. The van der Waals surface area contributed by atoms with Gasteiger partial charge in [0.1, 0.15) is 16.6 Å². The van der Waals surface area contributed by atoms with Crippen LogP contribution in [0.15, 0.2) is 24.3 Å². The van der Waals surface area contributed by atoms with E-state index in [0.29, 0.717) is 23.7 Å². The lowest BCUT2D eigenvalue weighted by Crippen LogP contribution is -2.41. The molecule has 2 heterocycles. The number of hydrogen-bond donors (Lipinski definition) is 2. The average Bonchev–Trinajstić information content (AvgIpc) is 3.00. The number of piperidine rings is 1. The van der Waals surface area contributed by atoms with Gasteiger partial charge in [-0.25, -0.2) is 0 Å². The van der Waals surface area contributed by atoms with E-state index in [0.717, 1.165) is 30.6 Å². The number of nitrogens with two attached hydrogens (primary N) is 1. The normalized spacial score (nSPS) is 17.1. The number of nitrogens with zero attached hydrogens (tertiary/aromatic N) is 3. The smallest absolute Gasteiger partial charge is 0.222 e.